The van der Waals surface area contributed by atoms with Crippen LogP contribution in [0.2, 0.25) is 0 Å². The van der Waals surface area contributed by atoms with Gasteiger partial charge in [0.1, 0.15) is 10.5 Å². The summed E-state index contributed by atoms with van der Waals surface area (Å²) in [4.78, 5) is 20.2. The highest BCUT2D eigenvalue weighted by Gasteiger charge is 2.46. The Balaban J connectivity index is 1.46. The lowest BCUT2D eigenvalue weighted by molar-refractivity contribution is -0.143. The molecule has 2 atom stereocenters. The highest BCUT2D eigenvalue weighted by atomic mass is 32.1. The van der Waals surface area contributed by atoms with Crippen LogP contribution >= 0.6 is 11.3 Å². The molecule has 1 aliphatic carbocycles. The molecule has 2 aromatic rings. The van der Waals surface area contributed by atoms with Gasteiger partial charge in [-0.25, -0.2) is 4.98 Å². The maximum atomic E-state index is 12.8. The van der Waals surface area contributed by atoms with Crippen molar-refractivity contribution in [3.63, 3.8) is 0 Å². The van der Waals surface area contributed by atoms with E-state index in [1.807, 2.05) is 17.8 Å². The maximum Gasteiger partial charge on any atom is 0.263 e. The van der Waals surface area contributed by atoms with E-state index >= 15 is 0 Å². The molecular formula is C21H31N5O2S. The van der Waals surface area contributed by atoms with Gasteiger partial charge in [-0.15, -0.1) is 11.3 Å². The van der Waals surface area contributed by atoms with E-state index in [2.05, 4.69) is 40.3 Å². The Morgan fingerprint density at radius 3 is 3.03 bits per heavy atom. The van der Waals surface area contributed by atoms with Crippen molar-refractivity contribution < 1.29 is 9.53 Å². The second kappa shape index (κ2) is 8.53. The minimum atomic E-state index is -0.307. The summed E-state index contributed by atoms with van der Waals surface area (Å²) >= 11 is 1.40. The zero-order valence-corrected chi connectivity index (χ0v) is 18.4. The van der Waals surface area contributed by atoms with Gasteiger partial charge in [0.25, 0.3) is 5.91 Å². The van der Waals surface area contributed by atoms with Gasteiger partial charge in [-0.3, -0.25) is 14.4 Å². The van der Waals surface area contributed by atoms with Crippen LogP contribution in [-0.4, -0.2) is 56.9 Å². The molecule has 1 spiro atoms. The predicted octanol–water partition coefficient (Wildman–Crippen LogP) is 3.17. The number of hydrogen-bond acceptors (Lipinski definition) is 6. The zero-order valence-electron chi connectivity index (χ0n) is 17.6. The van der Waals surface area contributed by atoms with Gasteiger partial charge < -0.3 is 10.1 Å². The van der Waals surface area contributed by atoms with Gasteiger partial charge in [0.2, 0.25) is 0 Å². The fraction of sp³-hybridized carbons (Fsp3) is 0.667. The summed E-state index contributed by atoms with van der Waals surface area (Å²) in [6.07, 6.45) is 8.32. The third-order valence-electron chi connectivity index (χ3n) is 6.11. The first-order chi connectivity index (χ1) is 14.0. The number of carbonyl (C=O) groups excluding carboxylic acids is 1. The number of ether oxygens (including phenoxy) is 1. The minimum absolute atomic E-state index is 0.0183. The number of aryl methyl sites for hydroxylation is 1. The SMILES string of the molecule is Cc1ncsc1C(=O)N[C@@H]1CCCC[C@]12CN(Cc1cnn(C(C)C)c1)CCO2. The van der Waals surface area contributed by atoms with Crippen LogP contribution in [0.3, 0.4) is 0 Å². The van der Waals surface area contributed by atoms with Crippen molar-refractivity contribution in [2.75, 3.05) is 19.7 Å². The van der Waals surface area contributed by atoms with Crippen LogP contribution in [0.15, 0.2) is 17.9 Å². The van der Waals surface area contributed by atoms with Gasteiger partial charge in [-0.05, 0) is 33.6 Å². The van der Waals surface area contributed by atoms with E-state index in [0.717, 1.165) is 51.0 Å². The fourth-order valence-corrected chi connectivity index (χ4v) is 5.24. The van der Waals surface area contributed by atoms with Gasteiger partial charge in [-0.1, -0.05) is 12.8 Å². The first kappa shape index (κ1) is 20.5. The molecule has 29 heavy (non-hydrogen) atoms. The number of thiazole rings is 1. The summed E-state index contributed by atoms with van der Waals surface area (Å²) in [7, 11) is 0. The van der Waals surface area contributed by atoms with Gasteiger partial charge in [0.15, 0.2) is 0 Å². The number of nitrogens with zero attached hydrogens (tertiary/aromatic N) is 4. The Hall–Kier alpha value is -1.77. The Morgan fingerprint density at radius 1 is 1.45 bits per heavy atom. The van der Waals surface area contributed by atoms with Crippen molar-refractivity contribution in [1.82, 2.24) is 25.0 Å². The van der Waals surface area contributed by atoms with Gasteiger partial charge in [0, 0.05) is 37.4 Å². The van der Waals surface area contributed by atoms with Crippen LogP contribution in [0.1, 0.15) is 66.5 Å². The molecule has 4 rings (SSSR count). The van der Waals surface area contributed by atoms with Crippen LogP contribution in [0.25, 0.3) is 0 Å². The van der Waals surface area contributed by atoms with Gasteiger partial charge in [-0.2, -0.15) is 5.10 Å². The van der Waals surface area contributed by atoms with Crippen molar-refractivity contribution in [2.24, 2.45) is 0 Å². The smallest absolute Gasteiger partial charge is 0.263 e. The first-order valence-corrected chi connectivity index (χ1v) is 11.4. The quantitative estimate of drug-likeness (QED) is 0.809. The summed E-state index contributed by atoms with van der Waals surface area (Å²) in [5.41, 5.74) is 3.45. The second-order valence-corrected chi connectivity index (χ2v) is 9.44. The number of rotatable bonds is 5. The normalized spacial score (nSPS) is 25.6. The zero-order chi connectivity index (χ0) is 20.4. The molecule has 1 aliphatic heterocycles. The van der Waals surface area contributed by atoms with Gasteiger partial charge in [0.05, 0.1) is 30.1 Å². The highest BCUT2D eigenvalue weighted by molar-refractivity contribution is 7.11. The van der Waals surface area contributed by atoms with Crippen molar-refractivity contribution in [3.8, 4) is 0 Å². The highest BCUT2D eigenvalue weighted by Crippen LogP contribution is 2.35. The molecular weight excluding hydrogens is 386 g/mol. The summed E-state index contributed by atoms with van der Waals surface area (Å²) in [6, 6.07) is 0.402. The van der Waals surface area contributed by atoms with Crippen LogP contribution in [0.5, 0.6) is 0 Å². The average Bonchev–Trinajstić information content (AvgIpc) is 3.33. The molecule has 2 aliphatic rings. The molecule has 8 heteroatoms. The standard InChI is InChI=1S/C21H31N5O2S/c1-15(2)26-12-17(10-23-26)11-25-8-9-28-21(13-25)7-5-4-6-18(21)24-20(27)19-16(3)22-14-29-19/h10,12,14-15,18H,4-9,11,13H2,1-3H3,(H,24,27)/t18-,21+/m1/s1. The predicted molar refractivity (Wildman–Crippen MR) is 113 cm³/mol. The van der Waals surface area contributed by atoms with Crippen LogP contribution in [-0.2, 0) is 11.3 Å². The second-order valence-electron chi connectivity index (χ2n) is 8.58. The lowest BCUT2D eigenvalue weighted by Crippen LogP contribution is -2.63. The number of nitrogens with one attached hydrogen (secondary N) is 1. The molecule has 1 saturated heterocycles. The Morgan fingerprint density at radius 2 is 2.31 bits per heavy atom. The lowest BCUT2D eigenvalue weighted by Gasteiger charge is -2.49. The molecule has 0 aromatic carbocycles. The summed E-state index contributed by atoms with van der Waals surface area (Å²) in [6.45, 7) is 9.48. The van der Waals surface area contributed by atoms with Crippen LogP contribution < -0.4 is 5.32 Å². The Labute approximate surface area is 176 Å². The summed E-state index contributed by atoms with van der Waals surface area (Å²) in [5, 5.41) is 7.76. The van der Waals surface area contributed by atoms with Crippen molar-refractivity contribution in [3.05, 3.63) is 34.0 Å². The minimum Gasteiger partial charge on any atom is -0.370 e. The molecule has 1 saturated carbocycles. The van der Waals surface area contributed by atoms with Crippen molar-refractivity contribution in [1.29, 1.82) is 0 Å². The van der Waals surface area contributed by atoms with E-state index in [4.69, 9.17) is 4.74 Å². The number of morpholine rings is 1. The summed E-state index contributed by atoms with van der Waals surface area (Å²) in [5.74, 6) is -0.0183. The molecule has 0 bridgehead atoms. The number of amides is 1. The molecule has 1 amide bonds. The molecule has 2 aromatic heterocycles. The first-order valence-electron chi connectivity index (χ1n) is 10.6. The van der Waals surface area contributed by atoms with E-state index in [1.54, 1.807) is 5.51 Å². The average molecular weight is 418 g/mol. The number of hydrogen-bond donors (Lipinski definition) is 1. The molecule has 0 unspecified atom stereocenters. The molecule has 7 nitrogen and oxygen atoms in total. The third kappa shape index (κ3) is 4.39. The van der Waals surface area contributed by atoms with E-state index in [9.17, 15) is 4.79 Å². The Bertz CT molecular complexity index is 844. The topological polar surface area (TPSA) is 72.3 Å². The molecule has 0 radical (unpaired) electrons. The fourth-order valence-electron chi connectivity index (χ4n) is 4.54. The molecule has 3 heterocycles. The van der Waals surface area contributed by atoms with E-state index in [0.29, 0.717) is 17.5 Å². The van der Waals surface area contributed by atoms with Crippen molar-refractivity contribution in [2.45, 2.75) is 70.7 Å². The third-order valence-corrected chi connectivity index (χ3v) is 7.04. The summed E-state index contributed by atoms with van der Waals surface area (Å²) < 4.78 is 8.40. The monoisotopic (exact) mass is 417 g/mol. The molecule has 158 valence electrons. The number of carbonyl (C=O) groups is 1. The van der Waals surface area contributed by atoms with Crippen LogP contribution in [0, 0.1) is 6.92 Å². The van der Waals surface area contributed by atoms with Crippen molar-refractivity contribution >= 4 is 17.2 Å². The maximum absolute atomic E-state index is 12.8. The largest absolute Gasteiger partial charge is 0.370 e. The number of aromatic nitrogens is 3. The molecule has 1 N–H and O–H groups in total. The Kier molecular flexibility index (Phi) is 6.03. The van der Waals surface area contributed by atoms with Gasteiger partial charge >= 0.3 is 0 Å². The van der Waals surface area contributed by atoms with Crippen LogP contribution in [0.4, 0.5) is 0 Å². The lowest BCUT2D eigenvalue weighted by atomic mass is 9.78. The molecule has 2 fully saturated rings. The van der Waals surface area contributed by atoms with E-state index < -0.39 is 0 Å². The van der Waals surface area contributed by atoms with E-state index in [-0.39, 0.29) is 17.6 Å². The van der Waals surface area contributed by atoms with E-state index in [1.165, 1.54) is 16.9 Å².